The molecule has 0 spiro atoms. The number of aryl methyl sites for hydroxylation is 1. The van der Waals surface area contributed by atoms with E-state index in [0.29, 0.717) is 23.4 Å². The van der Waals surface area contributed by atoms with Crippen LogP contribution in [-0.2, 0) is 35.0 Å². The number of imide groups is 1. The second kappa shape index (κ2) is 9.69. The van der Waals surface area contributed by atoms with Gasteiger partial charge in [-0.2, -0.15) is 5.10 Å². The second-order valence-corrected chi connectivity index (χ2v) is 13.4. The average Bonchev–Trinajstić information content (AvgIpc) is 3.22. The first-order valence-electron chi connectivity index (χ1n) is 12.4. The number of carbonyl (C=O) groups is 2. The quantitative estimate of drug-likeness (QED) is 0.501. The highest BCUT2D eigenvalue weighted by molar-refractivity contribution is 8.18. The minimum atomic E-state index is -3.86. The van der Waals surface area contributed by atoms with Crippen LogP contribution in [0.25, 0.3) is 0 Å². The Balaban J connectivity index is 1.46. The fraction of sp³-hybridized carbons (Fsp3) is 0.480. The van der Waals surface area contributed by atoms with Gasteiger partial charge in [0, 0.05) is 44.5 Å². The van der Waals surface area contributed by atoms with Crippen molar-refractivity contribution in [1.29, 1.82) is 0 Å². The number of amides is 3. The zero-order valence-electron chi connectivity index (χ0n) is 21.7. The van der Waals surface area contributed by atoms with E-state index in [2.05, 4.69) is 9.82 Å². The molecule has 2 atom stereocenters. The molecule has 5 rings (SSSR count). The van der Waals surface area contributed by atoms with Gasteiger partial charge in [0.2, 0.25) is 15.9 Å². The van der Waals surface area contributed by atoms with Crippen molar-refractivity contribution in [2.75, 3.05) is 18.5 Å². The molecule has 10 nitrogen and oxygen atoms in total. The number of fused-ring (bicyclic) bond motifs is 1. The lowest BCUT2D eigenvalue weighted by molar-refractivity contribution is -0.135. The predicted octanol–water partition coefficient (Wildman–Crippen LogP) is 2.98. The lowest BCUT2D eigenvalue weighted by Crippen LogP contribution is -2.58. The Morgan fingerprint density at radius 2 is 1.97 bits per heavy atom. The molecule has 13 heteroatoms. The molecule has 1 saturated carbocycles. The van der Waals surface area contributed by atoms with Gasteiger partial charge in [0.1, 0.15) is 15.4 Å². The number of sulfonamides is 1. The largest absolute Gasteiger partial charge is 0.373 e. The van der Waals surface area contributed by atoms with E-state index in [-0.39, 0.29) is 17.3 Å². The van der Waals surface area contributed by atoms with Crippen LogP contribution in [0.2, 0.25) is 0 Å². The zero-order chi connectivity index (χ0) is 27.4. The van der Waals surface area contributed by atoms with Crippen LogP contribution >= 0.6 is 11.8 Å². The number of nitrogens with one attached hydrogen (secondary N) is 1. The molecule has 2 aliphatic heterocycles. The van der Waals surface area contributed by atoms with E-state index in [9.17, 15) is 22.4 Å². The number of rotatable bonds is 9. The van der Waals surface area contributed by atoms with Crippen LogP contribution in [0.1, 0.15) is 37.8 Å². The first-order chi connectivity index (χ1) is 17.9. The molecular formula is C25H31FN6O4S2. The predicted molar refractivity (Wildman–Crippen MR) is 143 cm³/mol. The normalized spacial score (nSPS) is 22.5. The number of benzene rings is 1. The van der Waals surface area contributed by atoms with E-state index >= 15 is 0 Å². The summed E-state index contributed by atoms with van der Waals surface area (Å²) >= 11 is 0.983. The SMILES string of the molecule is CCN(C)c1ccc(CN2C(=O)N(Cc3cnn(C)c3)C(=O)C3C=C(S(=O)(=O)NC4(C)CC4)SC32)cc1F. The highest BCUT2D eigenvalue weighted by Crippen LogP contribution is 2.46. The molecule has 2 unspecified atom stereocenters. The standard InChI is InChI=1S/C25H31FN6O4S2/c1-5-29(3)20-7-6-16(10-19(20)26)14-32-23-18(11-21(37-23)38(35,36)28-25(2)8-9-25)22(33)31(24(32)34)15-17-12-27-30(4)13-17/h6-7,10-13,18,23,28H,5,8-9,14-15H2,1-4H3. The molecule has 0 radical (unpaired) electrons. The number of hydrogen-bond acceptors (Lipinski definition) is 7. The van der Waals surface area contributed by atoms with E-state index in [1.807, 2.05) is 13.8 Å². The Morgan fingerprint density at radius 1 is 1.24 bits per heavy atom. The van der Waals surface area contributed by atoms with Gasteiger partial charge in [0.25, 0.3) is 0 Å². The lowest BCUT2D eigenvalue weighted by Gasteiger charge is -2.41. The molecule has 1 aromatic carbocycles. The Bertz CT molecular complexity index is 1420. The van der Waals surface area contributed by atoms with Gasteiger partial charge in [-0.1, -0.05) is 17.8 Å². The van der Waals surface area contributed by atoms with Crippen LogP contribution in [-0.4, -0.2) is 64.4 Å². The van der Waals surface area contributed by atoms with Crippen molar-refractivity contribution in [3.63, 3.8) is 0 Å². The minimum Gasteiger partial charge on any atom is -0.373 e. The first-order valence-corrected chi connectivity index (χ1v) is 14.8. The molecule has 1 aromatic heterocycles. The van der Waals surface area contributed by atoms with Crippen molar-refractivity contribution < 1.29 is 22.4 Å². The molecule has 3 heterocycles. The minimum absolute atomic E-state index is 0.00324. The topological polar surface area (TPSA) is 108 Å². The Labute approximate surface area is 225 Å². The third kappa shape index (κ3) is 5.06. The summed E-state index contributed by atoms with van der Waals surface area (Å²) in [6.07, 6.45) is 6.22. The van der Waals surface area contributed by atoms with Crippen LogP contribution in [0.3, 0.4) is 0 Å². The third-order valence-corrected chi connectivity index (χ3v) is 10.7. The summed E-state index contributed by atoms with van der Waals surface area (Å²) in [5.74, 6) is -1.75. The summed E-state index contributed by atoms with van der Waals surface area (Å²) < 4.78 is 45.5. The summed E-state index contributed by atoms with van der Waals surface area (Å²) in [4.78, 5) is 31.6. The fourth-order valence-corrected chi connectivity index (χ4v) is 7.93. The van der Waals surface area contributed by atoms with Crippen molar-refractivity contribution in [3.8, 4) is 0 Å². The number of halogens is 1. The lowest BCUT2D eigenvalue weighted by atomic mass is 10.0. The number of thioether (sulfide) groups is 1. The van der Waals surface area contributed by atoms with Gasteiger partial charge in [-0.05, 0) is 50.5 Å². The average molecular weight is 563 g/mol. The van der Waals surface area contributed by atoms with Gasteiger partial charge < -0.3 is 9.80 Å². The van der Waals surface area contributed by atoms with Crippen LogP contribution in [0.15, 0.2) is 40.9 Å². The van der Waals surface area contributed by atoms with Gasteiger partial charge >= 0.3 is 6.03 Å². The maximum Gasteiger partial charge on any atom is 0.328 e. The zero-order valence-corrected chi connectivity index (χ0v) is 23.4. The van der Waals surface area contributed by atoms with Crippen molar-refractivity contribution in [1.82, 2.24) is 24.3 Å². The van der Waals surface area contributed by atoms with Gasteiger partial charge in [-0.15, -0.1) is 0 Å². The van der Waals surface area contributed by atoms with Gasteiger partial charge in [-0.25, -0.2) is 22.3 Å². The van der Waals surface area contributed by atoms with Crippen LogP contribution in [0.4, 0.5) is 14.9 Å². The van der Waals surface area contributed by atoms with Crippen LogP contribution in [0, 0.1) is 11.7 Å². The fourth-order valence-electron chi connectivity index (χ4n) is 4.63. The molecular weight excluding hydrogens is 531 g/mol. The molecule has 1 aliphatic carbocycles. The summed E-state index contributed by atoms with van der Waals surface area (Å²) in [5, 5.41) is 3.35. The Kier molecular flexibility index (Phi) is 6.81. The van der Waals surface area contributed by atoms with E-state index in [4.69, 9.17) is 0 Å². The smallest absolute Gasteiger partial charge is 0.328 e. The maximum absolute atomic E-state index is 14.9. The number of anilines is 1. The van der Waals surface area contributed by atoms with Crippen molar-refractivity contribution in [3.05, 3.63) is 57.9 Å². The highest BCUT2D eigenvalue weighted by Gasteiger charge is 2.52. The van der Waals surface area contributed by atoms with Gasteiger partial charge in [0.15, 0.2) is 0 Å². The van der Waals surface area contributed by atoms with Crippen LogP contribution < -0.4 is 9.62 Å². The van der Waals surface area contributed by atoms with Crippen LogP contribution in [0.5, 0.6) is 0 Å². The van der Waals surface area contributed by atoms with E-state index < -0.39 is 44.6 Å². The van der Waals surface area contributed by atoms with Gasteiger partial charge in [-0.3, -0.25) is 14.4 Å². The van der Waals surface area contributed by atoms with Crippen molar-refractivity contribution in [2.24, 2.45) is 13.0 Å². The molecule has 2 aromatic rings. The summed E-state index contributed by atoms with van der Waals surface area (Å²) in [5.41, 5.74) is 1.16. The number of aromatic nitrogens is 2. The molecule has 0 bridgehead atoms. The monoisotopic (exact) mass is 562 g/mol. The van der Waals surface area contributed by atoms with Crippen molar-refractivity contribution >= 4 is 39.4 Å². The van der Waals surface area contributed by atoms with E-state index in [0.717, 1.165) is 29.5 Å². The van der Waals surface area contributed by atoms with E-state index in [1.54, 1.807) is 48.2 Å². The summed E-state index contributed by atoms with van der Waals surface area (Å²) in [7, 11) is -0.336. The van der Waals surface area contributed by atoms with Gasteiger partial charge in [0.05, 0.1) is 24.3 Å². The Hall–Kier alpha value is -2.90. The Morgan fingerprint density at radius 3 is 2.58 bits per heavy atom. The van der Waals surface area contributed by atoms with E-state index in [1.165, 1.54) is 17.0 Å². The molecule has 3 amide bonds. The molecule has 2 fully saturated rings. The molecule has 204 valence electrons. The third-order valence-electron chi connectivity index (χ3n) is 7.19. The number of nitrogens with zero attached hydrogens (tertiary/aromatic N) is 5. The highest BCUT2D eigenvalue weighted by atomic mass is 32.3. The molecule has 38 heavy (non-hydrogen) atoms. The number of hydrogen-bond donors (Lipinski definition) is 1. The first kappa shape index (κ1) is 26.7. The summed E-state index contributed by atoms with van der Waals surface area (Å²) in [6, 6.07) is 4.23. The maximum atomic E-state index is 14.9. The number of urea groups is 1. The number of carbonyl (C=O) groups excluding carboxylic acids is 2. The van der Waals surface area contributed by atoms with Crippen molar-refractivity contribution in [2.45, 2.75) is 50.7 Å². The second-order valence-electron chi connectivity index (χ2n) is 10.3. The summed E-state index contributed by atoms with van der Waals surface area (Å²) in [6.45, 7) is 4.40. The molecule has 1 saturated heterocycles. The molecule has 1 N–H and O–H groups in total. The molecule has 3 aliphatic rings.